The van der Waals surface area contributed by atoms with Crippen LogP contribution < -0.4 is 0 Å². The lowest BCUT2D eigenvalue weighted by Gasteiger charge is -2.39. The normalized spacial score (nSPS) is 22.9. The van der Waals surface area contributed by atoms with Crippen molar-refractivity contribution >= 4 is 11.8 Å². The summed E-state index contributed by atoms with van der Waals surface area (Å²) in [6.07, 6.45) is 8.12. The third-order valence-corrected chi connectivity index (χ3v) is 5.05. The van der Waals surface area contributed by atoms with Crippen LogP contribution in [-0.4, -0.2) is 52.3 Å². The maximum absolute atomic E-state index is 12.9. The molecule has 0 radical (unpaired) electrons. The second-order valence-corrected chi connectivity index (χ2v) is 6.76. The predicted molar refractivity (Wildman–Crippen MR) is 87.9 cm³/mol. The highest BCUT2D eigenvalue weighted by molar-refractivity contribution is 5.97. The highest BCUT2D eigenvalue weighted by atomic mass is 16.2. The summed E-state index contributed by atoms with van der Waals surface area (Å²) >= 11 is 0. The molecule has 0 spiro atoms. The van der Waals surface area contributed by atoms with Gasteiger partial charge in [-0.3, -0.25) is 14.6 Å². The molecule has 2 fully saturated rings. The predicted octanol–water partition coefficient (Wildman–Crippen LogP) is 2.33. The molecular weight excluding hydrogens is 290 g/mol. The number of aromatic nitrogens is 1. The molecule has 5 heteroatoms. The summed E-state index contributed by atoms with van der Waals surface area (Å²) < 4.78 is 0. The van der Waals surface area contributed by atoms with Crippen molar-refractivity contribution in [2.75, 3.05) is 19.6 Å². The molecule has 3 heterocycles. The lowest BCUT2D eigenvalue weighted by molar-refractivity contribution is -0.138. The highest BCUT2D eigenvalue weighted by Crippen LogP contribution is 2.24. The summed E-state index contributed by atoms with van der Waals surface area (Å²) in [6, 6.07) is 3.23. The lowest BCUT2D eigenvalue weighted by Crippen LogP contribution is -2.54. The van der Waals surface area contributed by atoms with E-state index in [-0.39, 0.29) is 17.9 Å². The fraction of sp³-hybridized carbons (Fsp3) is 0.611. The standard InChI is InChI=1S/C18H25N3O2/c1-14-7-11-20(12-8-14)18(23)16-6-2-3-10-21(16)17(22)15-5-4-9-19-13-15/h4-5,9,13-14,16H,2-3,6-8,10-12H2,1H3/t16-/m1/s1. The summed E-state index contributed by atoms with van der Waals surface area (Å²) in [5.41, 5.74) is 0.569. The molecule has 2 aliphatic rings. The van der Waals surface area contributed by atoms with Gasteiger partial charge in [-0.1, -0.05) is 6.92 Å². The summed E-state index contributed by atoms with van der Waals surface area (Å²) in [5.74, 6) is 0.758. The van der Waals surface area contributed by atoms with Gasteiger partial charge >= 0.3 is 0 Å². The van der Waals surface area contributed by atoms with Crippen LogP contribution in [0.5, 0.6) is 0 Å². The van der Waals surface area contributed by atoms with Crippen molar-refractivity contribution in [3.8, 4) is 0 Å². The number of hydrogen-bond donors (Lipinski definition) is 0. The Balaban J connectivity index is 1.73. The van der Waals surface area contributed by atoms with E-state index in [1.54, 1.807) is 29.4 Å². The Hall–Kier alpha value is -1.91. The molecule has 0 aliphatic carbocycles. The van der Waals surface area contributed by atoms with E-state index in [9.17, 15) is 9.59 Å². The maximum Gasteiger partial charge on any atom is 0.256 e. The van der Waals surface area contributed by atoms with Gasteiger partial charge in [0.25, 0.3) is 5.91 Å². The molecule has 2 aliphatic heterocycles. The van der Waals surface area contributed by atoms with Gasteiger partial charge in [-0.2, -0.15) is 0 Å². The van der Waals surface area contributed by atoms with Crippen LogP contribution in [0.2, 0.25) is 0 Å². The zero-order valence-electron chi connectivity index (χ0n) is 13.8. The first kappa shape index (κ1) is 16.0. The number of rotatable bonds is 2. The van der Waals surface area contributed by atoms with Crippen LogP contribution in [0.25, 0.3) is 0 Å². The highest BCUT2D eigenvalue weighted by Gasteiger charge is 2.35. The van der Waals surface area contributed by atoms with Crippen molar-refractivity contribution < 1.29 is 9.59 Å². The molecule has 1 atom stereocenters. The van der Waals surface area contributed by atoms with Gasteiger partial charge in [-0.15, -0.1) is 0 Å². The van der Waals surface area contributed by atoms with Crippen LogP contribution >= 0.6 is 0 Å². The van der Waals surface area contributed by atoms with E-state index in [1.165, 1.54) is 0 Å². The minimum atomic E-state index is -0.301. The van der Waals surface area contributed by atoms with Gasteiger partial charge < -0.3 is 9.80 Å². The Morgan fingerprint density at radius 2 is 1.91 bits per heavy atom. The zero-order valence-corrected chi connectivity index (χ0v) is 13.8. The molecule has 124 valence electrons. The molecule has 3 rings (SSSR count). The molecule has 1 aromatic rings. The van der Waals surface area contributed by atoms with Gasteiger partial charge in [0.1, 0.15) is 6.04 Å². The van der Waals surface area contributed by atoms with E-state index < -0.39 is 0 Å². The average Bonchev–Trinajstić information content (AvgIpc) is 2.62. The number of carbonyl (C=O) groups is 2. The van der Waals surface area contributed by atoms with Crippen molar-refractivity contribution in [2.45, 2.75) is 45.1 Å². The SMILES string of the molecule is CC1CCN(C(=O)[C@H]2CCCCN2C(=O)c2cccnc2)CC1. The average molecular weight is 315 g/mol. The first-order valence-electron chi connectivity index (χ1n) is 8.66. The number of carbonyl (C=O) groups excluding carboxylic acids is 2. The van der Waals surface area contributed by atoms with Crippen LogP contribution in [0.3, 0.4) is 0 Å². The lowest BCUT2D eigenvalue weighted by atomic mass is 9.96. The molecule has 0 saturated carbocycles. The van der Waals surface area contributed by atoms with Crippen LogP contribution in [-0.2, 0) is 4.79 Å². The number of pyridine rings is 1. The Labute approximate surface area is 137 Å². The van der Waals surface area contributed by atoms with Crippen LogP contribution in [0.4, 0.5) is 0 Å². The quantitative estimate of drug-likeness (QED) is 0.842. The number of amides is 2. The maximum atomic E-state index is 12.9. The third kappa shape index (κ3) is 3.54. The van der Waals surface area contributed by atoms with Gasteiger partial charge in [-0.05, 0) is 50.2 Å². The van der Waals surface area contributed by atoms with Crippen LogP contribution in [0.15, 0.2) is 24.5 Å². The molecule has 0 unspecified atom stereocenters. The van der Waals surface area contributed by atoms with Crippen molar-refractivity contribution in [1.82, 2.24) is 14.8 Å². The largest absolute Gasteiger partial charge is 0.341 e. The molecule has 2 saturated heterocycles. The Morgan fingerprint density at radius 3 is 2.61 bits per heavy atom. The van der Waals surface area contributed by atoms with E-state index in [1.807, 2.05) is 4.90 Å². The summed E-state index contributed by atoms with van der Waals surface area (Å²) in [5, 5.41) is 0. The van der Waals surface area contributed by atoms with Crippen molar-refractivity contribution in [1.29, 1.82) is 0 Å². The molecule has 2 amide bonds. The van der Waals surface area contributed by atoms with Crippen molar-refractivity contribution in [3.63, 3.8) is 0 Å². The molecule has 0 N–H and O–H groups in total. The number of hydrogen-bond acceptors (Lipinski definition) is 3. The van der Waals surface area contributed by atoms with E-state index in [0.717, 1.165) is 45.2 Å². The van der Waals surface area contributed by atoms with Gasteiger partial charge in [-0.25, -0.2) is 0 Å². The molecule has 23 heavy (non-hydrogen) atoms. The number of nitrogens with zero attached hydrogens (tertiary/aromatic N) is 3. The Morgan fingerprint density at radius 1 is 1.13 bits per heavy atom. The van der Waals surface area contributed by atoms with Crippen molar-refractivity contribution in [2.24, 2.45) is 5.92 Å². The minimum absolute atomic E-state index is 0.0680. The van der Waals surface area contributed by atoms with Crippen LogP contribution in [0.1, 0.15) is 49.4 Å². The summed E-state index contributed by atoms with van der Waals surface area (Å²) in [7, 11) is 0. The van der Waals surface area contributed by atoms with Gasteiger partial charge in [0.15, 0.2) is 0 Å². The van der Waals surface area contributed by atoms with E-state index in [4.69, 9.17) is 0 Å². The fourth-order valence-corrected chi connectivity index (χ4v) is 3.53. The smallest absolute Gasteiger partial charge is 0.256 e. The molecule has 1 aromatic heterocycles. The third-order valence-electron chi connectivity index (χ3n) is 5.05. The number of piperidine rings is 2. The summed E-state index contributed by atoms with van der Waals surface area (Å²) in [4.78, 5) is 33.4. The second kappa shape index (κ2) is 7.11. The molecular formula is C18H25N3O2. The molecule has 0 aromatic carbocycles. The monoisotopic (exact) mass is 315 g/mol. The molecule has 0 bridgehead atoms. The first-order chi connectivity index (χ1) is 11.2. The zero-order chi connectivity index (χ0) is 16.2. The fourth-order valence-electron chi connectivity index (χ4n) is 3.53. The van der Waals surface area contributed by atoms with E-state index in [0.29, 0.717) is 18.0 Å². The van der Waals surface area contributed by atoms with Gasteiger partial charge in [0.05, 0.1) is 5.56 Å². The van der Waals surface area contributed by atoms with Gasteiger partial charge in [0, 0.05) is 32.0 Å². The summed E-state index contributed by atoms with van der Waals surface area (Å²) in [6.45, 7) is 4.55. The minimum Gasteiger partial charge on any atom is -0.341 e. The van der Waals surface area contributed by atoms with E-state index in [2.05, 4.69) is 11.9 Å². The molecule has 5 nitrogen and oxygen atoms in total. The van der Waals surface area contributed by atoms with Gasteiger partial charge in [0.2, 0.25) is 5.91 Å². The van der Waals surface area contributed by atoms with Crippen LogP contribution in [0, 0.1) is 5.92 Å². The number of likely N-dealkylation sites (tertiary alicyclic amines) is 2. The van der Waals surface area contributed by atoms with Crippen molar-refractivity contribution in [3.05, 3.63) is 30.1 Å². The Kier molecular flexibility index (Phi) is 4.94. The topological polar surface area (TPSA) is 53.5 Å². The first-order valence-corrected chi connectivity index (χ1v) is 8.66. The van der Waals surface area contributed by atoms with E-state index >= 15 is 0 Å². The Bertz CT molecular complexity index is 553. The second-order valence-electron chi connectivity index (χ2n) is 6.76.